The Hall–Kier alpha value is -2.53. The summed E-state index contributed by atoms with van der Waals surface area (Å²) in [6, 6.07) is 15.6. The molecule has 0 aromatic heterocycles. The molecule has 1 fully saturated rings. The summed E-state index contributed by atoms with van der Waals surface area (Å²) in [4.78, 5) is 15.1. The first-order valence-electron chi connectivity index (χ1n) is 10.1. The number of benzene rings is 2. The summed E-state index contributed by atoms with van der Waals surface area (Å²) < 4.78 is 10.7. The zero-order valence-electron chi connectivity index (χ0n) is 16.8. The molecule has 1 N–H and O–H groups in total. The number of methoxy groups -OCH3 is 1. The summed E-state index contributed by atoms with van der Waals surface area (Å²) in [7, 11) is 1.67. The number of amides is 1. The van der Waals surface area contributed by atoms with E-state index in [9.17, 15) is 4.79 Å². The smallest absolute Gasteiger partial charge is 0.251 e. The fraction of sp³-hybridized carbons (Fsp3) is 0.435. The van der Waals surface area contributed by atoms with Crippen LogP contribution in [-0.2, 0) is 0 Å². The number of rotatable bonds is 8. The molecule has 150 valence electrons. The maximum atomic E-state index is 12.6. The Labute approximate surface area is 167 Å². The van der Waals surface area contributed by atoms with E-state index in [2.05, 4.69) is 22.3 Å². The number of hydrogen-bond donors (Lipinski definition) is 1. The van der Waals surface area contributed by atoms with Crippen LogP contribution < -0.4 is 14.8 Å². The molecule has 0 unspecified atom stereocenters. The standard InChI is InChI=1S/C23H30N2O3/c1-3-28-21-13-9-19(10-14-21)23(26)24-17-22(25-15-5-4-6-16-25)18-7-11-20(27-2)12-8-18/h7-14,22H,3-6,15-17H2,1-2H3,(H,24,26)/t22-/m1/s1. The Morgan fingerprint density at radius 3 is 2.25 bits per heavy atom. The van der Waals surface area contributed by atoms with E-state index in [1.165, 1.54) is 24.8 Å². The monoisotopic (exact) mass is 382 g/mol. The van der Waals surface area contributed by atoms with E-state index in [0.717, 1.165) is 24.6 Å². The molecule has 28 heavy (non-hydrogen) atoms. The first-order valence-corrected chi connectivity index (χ1v) is 10.1. The van der Waals surface area contributed by atoms with Gasteiger partial charge in [-0.15, -0.1) is 0 Å². The summed E-state index contributed by atoms with van der Waals surface area (Å²) >= 11 is 0. The van der Waals surface area contributed by atoms with E-state index < -0.39 is 0 Å². The van der Waals surface area contributed by atoms with Gasteiger partial charge in [-0.05, 0) is 74.8 Å². The highest BCUT2D eigenvalue weighted by molar-refractivity contribution is 5.94. The Morgan fingerprint density at radius 2 is 1.64 bits per heavy atom. The van der Waals surface area contributed by atoms with E-state index in [0.29, 0.717) is 18.7 Å². The lowest BCUT2D eigenvalue weighted by molar-refractivity contribution is 0.0924. The molecular formula is C23H30N2O3. The number of hydrogen-bond acceptors (Lipinski definition) is 4. The lowest BCUT2D eigenvalue weighted by Crippen LogP contribution is -2.40. The fourth-order valence-electron chi connectivity index (χ4n) is 3.67. The quantitative estimate of drug-likeness (QED) is 0.748. The molecule has 3 rings (SSSR count). The zero-order valence-corrected chi connectivity index (χ0v) is 16.8. The van der Waals surface area contributed by atoms with Gasteiger partial charge < -0.3 is 14.8 Å². The van der Waals surface area contributed by atoms with Crippen molar-refractivity contribution in [2.45, 2.75) is 32.2 Å². The van der Waals surface area contributed by atoms with Crippen molar-refractivity contribution in [3.05, 3.63) is 59.7 Å². The van der Waals surface area contributed by atoms with E-state index in [4.69, 9.17) is 9.47 Å². The number of ether oxygens (including phenoxy) is 2. The molecule has 0 aliphatic carbocycles. The van der Waals surface area contributed by atoms with Crippen molar-refractivity contribution >= 4 is 5.91 Å². The first-order chi connectivity index (χ1) is 13.7. The van der Waals surface area contributed by atoms with Gasteiger partial charge in [0.2, 0.25) is 0 Å². The fourth-order valence-corrected chi connectivity index (χ4v) is 3.67. The van der Waals surface area contributed by atoms with Gasteiger partial charge in [-0.3, -0.25) is 9.69 Å². The maximum Gasteiger partial charge on any atom is 0.251 e. The molecule has 5 nitrogen and oxygen atoms in total. The maximum absolute atomic E-state index is 12.6. The van der Waals surface area contributed by atoms with Crippen LogP contribution in [0.4, 0.5) is 0 Å². The third kappa shape index (κ3) is 5.26. The van der Waals surface area contributed by atoms with Crippen molar-refractivity contribution in [3.8, 4) is 11.5 Å². The van der Waals surface area contributed by atoms with Crippen LogP contribution in [0, 0.1) is 0 Å². The Balaban J connectivity index is 1.68. The molecule has 2 aromatic rings. The second kappa shape index (κ2) is 10.1. The van der Waals surface area contributed by atoms with Gasteiger partial charge in [0.25, 0.3) is 5.91 Å². The topological polar surface area (TPSA) is 50.8 Å². The van der Waals surface area contributed by atoms with E-state index in [-0.39, 0.29) is 11.9 Å². The van der Waals surface area contributed by atoms with Crippen LogP contribution in [0.3, 0.4) is 0 Å². The van der Waals surface area contributed by atoms with Gasteiger partial charge in [0.1, 0.15) is 11.5 Å². The van der Waals surface area contributed by atoms with Gasteiger partial charge >= 0.3 is 0 Å². The van der Waals surface area contributed by atoms with Crippen LogP contribution in [0.5, 0.6) is 11.5 Å². The number of likely N-dealkylation sites (tertiary alicyclic amines) is 1. The Morgan fingerprint density at radius 1 is 1.00 bits per heavy atom. The molecule has 0 bridgehead atoms. The van der Waals surface area contributed by atoms with Crippen LogP contribution in [0.1, 0.15) is 48.1 Å². The molecule has 1 saturated heterocycles. The van der Waals surface area contributed by atoms with Crippen LogP contribution in [0.15, 0.2) is 48.5 Å². The predicted octanol–water partition coefficient (Wildman–Crippen LogP) is 4.05. The average molecular weight is 383 g/mol. The second-order valence-electron chi connectivity index (χ2n) is 7.05. The summed E-state index contributed by atoms with van der Waals surface area (Å²) in [5.41, 5.74) is 1.85. The van der Waals surface area contributed by atoms with Crippen LogP contribution in [-0.4, -0.2) is 44.2 Å². The second-order valence-corrected chi connectivity index (χ2v) is 7.05. The highest BCUT2D eigenvalue weighted by atomic mass is 16.5. The Bertz CT molecular complexity index is 737. The molecule has 1 amide bonds. The van der Waals surface area contributed by atoms with Crippen LogP contribution >= 0.6 is 0 Å². The molecular weight excluding hydrogens is 352 g/mol. The Kier molecular flexibility index (Phi) is 7.31. The molecule has 1 heterocycles. The molecule has 5 heteroatoms. The largest absolute Gasteiger partial charge is 0.497 e. The van der Waals surface area contributed by atoms with Crippen molar-refractivity contribution in [1.82, 2.24) is 10.2 Å². The van der Waals surface area contributed by atoms with Crippen LogP contribution in [0.2, 0.25) is 0 Å². The molecule has 0 radical (unpaired) electrons. The minimum absolute atomic E-state index is 0.0569. The SMILES string of the molecule is CCOc1ccc(C(=O)NC[C@H](c2ccc(OC)cc2)N2CCCCC2)cc1. The minimum atomic E-state index is -0.0569. The van der Waals surface area contributed by atoms with Gasteiger partial charge in [0.15, 0.2) is 0 Å². The molecule has 0 saturated carbocycles. The average Bonchev–Trinajstić information content (AvgIpc) is 2.76. The molecule has 1 aliphatic heterocycles. The van der Waals surface area contributed by atoms with E-state index in [1.807, 2.05) is 43.3 Å². The van der Waals surface area contributed by atoms with Crippen molar-refractivity contribution in [2.24, 2.45) is 0 Å². The minimum Gasteiger partial charge on any atom is -0.497 e. The van der Waals surface area contributed by atoms with Gasteiger partial charge in [0, 0.05) is 12.1 Å². The van der Waals surface area contributed by atoms with Crippen molar-refractivity contribution in [3.63, 3.8) is 0 Å². The summed E-state index contributed by atoms with van der Waals surface area (Å²) in [5.74, 6) is 1.57. The van der Waals surface area contributed by atoms with Crippen molar-refractivity contribution < 1.29 is 14.3 Å². The number of carbonyl (C=O) groups is 1. The van der Waals surface area contributed by atoms with E-state index >= 15 is 0 Å². The summed E-state index contributed by atoms with van der Waals surface area (Å²) in [5, 5.41) is 3.12. The third-order valence-electron chi connectivity index (χ3n) is 5.22. The van der Waals surface area contributed by atoms with Crippen molar-refractivity contribution in [2.75, 3.05) is 33.4 Å². The summed E-state index contributed by atoms with van der Waals surface area (Å²) in [6.45, 7) is 5.27. The first kappa shape index (κ1) is 20.2. The lowest BCUT2D eigenvalue weighted by Gasteiger charge is -2.35. The highest BCUT2D eigenvalue weighted by Crippen LogP contribution is 2.26. The molecule has 2 aromatic carbocycles. The number of carbonyl (C=O) groups excluding carboxylic acids is 1. The number of nitrogens with zero attached hydrogens (tertiary/aromatic N) is 1. The predicted molar refractivity (Wildman–Crippen MR) is 111 cm³/mol. The summed E-state index contributed by atoms with van der Waals surface area (Å²) in [6.07, 6.45) is 3.70. The number of nitrogens with one attached hydrogen (secondary N) is 1. The van der Waals surface area contributed by atoms with Gasteiger partial charge in [-0.2, -0.15) is 0 Å². The molecule has 0 spiro atoms. The lowest BCUT2D eigenvalue weighted by atomic mass is 10.0. The zero-order chi connectivity index (χ0) is 19.8. The van der Waals surface area contributed by atoms with E-state index in [1.54, 1.807) is 7.11 Å². The number of piperidine rings is 1. The normalized spacial score (nSPS) is 15.6. The van der Waals surface area contributed by atoms with Crippen LogP contribution in [0.25, 0.3) is 0 Å². The van der Waals surface area contributed by atoms with Gasteiger partial charge in [-0.1, -0.05) is 18.6 Å². The van der Waals surface area contributed by atoms with Gasteiger partial charge in [-0.25, -0.2) is 0 Å². The molecule has 1 atom stereocenters. The third-order valence-corrected chi connectivity index (χ3v) is 5.22. The van der Waals surface area contributed by atoms with Gasteiger partial charge in [0.05, 0.1) is 19.8 Å². The van der Waals surface area contributed by atoms with Crippen molar-refractivity contribution in [1.29, 1.82) is 0 Å². The molecule has 1 aliphatic rings. The highest BCUT2D eigenvalue weighted by Gasteiger charge is 2.23.